The summed E-state index contributed by atoms with van der Waals surface area (Å²) >= 11 is 0. The van der Waals surface area contributed by atoms with Gasteiger partial charge in [0, 0.05) is 19.2 Å². The molecule has 0 spiro atoms. The van der Waals surface area contributed by atoms with Crippen LogP contribution in [0.2, 0.25) is 0 Å². The normalized spacial score (nSPS) is 27.2. The average Bonchev–Trinajstić information content (AvgIpc) is 2.70. The van der Waals surface area contributed by atoms with E-state index in [-0.39, 0.29) is 13.0 Å². The largest absolute Gasteiger partial charge is 0.497 e. The fraction of sp³-hybridized carbons (Fsp3) is 0.429. The Morgan fingerprint density at radius 1 is 1.39 bits per heavy atom. The van der Waals surface area contributed by atoms with Crippen LogP contribution in [0.4, 0.5) is 0 Å². The van der Waals surface area contributed by atoms with Crippen LogP contribution in [0.3, 0.4) is 0 Å². The number of methoxy groups -OCH3 is 1. The number of aromatic nitrogens is 1. The summed E-state index contributed by atoms with van der Waals surface area (Å²) in [5.74, 6) is 0.290. The number of carbonyl (C=O) groups is 1. The van der Waals surface area contributed by atoms with Gasteiger partial charge in [-0.2, -0.15) is 0 Å². The van der Waals surface area contributed by atoms with Crippen molar-refractivity contribution in [2.24, 2.45) is 0 Å². The lowest BCUT2D eigenvalue weighted by Gasteiger charge is -2.44. The van der Waals surface area contributed by atoms with E-state index < -0.39 is 29.8 Å². The van der Waals surface area contributed by atoms with Crippen LogP contribution in [0, 0.1) is 6.92 Å². The highest BCUT2D eigenvalue weighted by Gasteiger charge is 2.47. The lowest BCUT2D eigenvalue weighted by Crippen LogP contribution is -2.59. The van der Waals surface area contributed by atoms with Crippen molar-refractivity contribution in [3.05, 3.63) is 59.4 Å². The molecule has 1 aliphatic rings. The number of rotatable bonds is 5. The van der Waals surface area contributed by atoms with Gasteiger partial charge in [0.25, 0.3) is 5.91 Å². The maximum Gasteiger partial charge on any atom is 0.270 e. The molecular formula is C21H26N2O5. The van der Waals surface area contributed by atoms with Crippen molar-refractivity contribution in [3.8, 4) is 5.75 Å². The molecule has 3 rings (SSSR count). The first-order chi connectivity index (χ1) is 13.3. The third-order valence-electron chi connectivity index (χ3n) is 5.16. The molecule has 0 radical (unpaired) electrons. The average molecular weight is 386 g/mol. The van der Waals surface area contributed by atoms with Crippen LogP contribution in [0.5, 0.6) is 5.75 Å². The van der Waals surface area contributed by atoms with Gasteiger partial charge in [-0.1, -0.05) is 18.2 Å². The molecule has 0 aliphatic carbocycles. The molecule has 28 heavy (non-hydrogen) atoms. The zero-order valence-electron chi connectivity index (χ0n) is 16.3. The standard InChI is InChI=1S/C21H26N2O5/c1-13-6-5-9-22-18(13)20(25)23-12-21(26)11-17(28-14(2)19(21)24)15-7-4-8-16(10-15)27-3/h4-10,14,17,19,24,26H,11-12H2,1-3H3,(H,23,25)/t14-,17-,19-,21-/m1/s1. The highest BCUT2D eigenvalue weighted by molar-refractivity contribution is 5.93. The molecule has 0 bridgehead atoms. The van der Waals surface area contributed by atoms with Crippen LogP contribution >= 0.6 is 0 Å². The Bertz CT molecular complexity index is 843. The summed E-state index contributed by atoms with van der Waals surface area (Å²) in [6.45, 7) is 3.38. The van der Waals surface area contributed by atoms with Crippen molar-refractivity contribution in [2.75, 3.05) is 13.7 Å². The molecule has 1 amide bonds. The SMILES string of the molecule is COc1cccc([C@H]2C[C@@](O)(CNC(=O)c3ncccc3C)[C@H](O)[C@@H](C)O2)c1. The quantitative estimate of drug-likeness (QED) is 0.724. The Hall–Kier alpha value is -2.48. The third-order valence-corrected chi connectivity index (χ3v) is 5.16. The van der Waals surface area contributed by atoms with Crippen LogP contribution in [0.15, 0.2) is 42.6 Å². The molecule has 1 aliphatic heterocycles. The summed E-state index contributed by atoms with van der Waals surface area (Å²) < 4.78 is 11.2. The Balaban J connectivity index is 1.76. The second-order valence-electron chi connectivity index (χ2n) is 7.21. The summed E-state index contributed by atoms with van der Waals surface area (Å²) in [5.41, 5.74) is 0.333. The molecule has 1 saturated heterocycles. The van der Waals surface area contributed by atoms with Crippen molar-refractivity contribution in [1.82, 2.24) is 10.3 Å². The molecule has 0 unspecified atom stereocenters. The van der Waals surface area contributed by atoms with Crippen molar-refractivity contribution in [3.63, 3.8) is 0 Å². The van der Waals surface area contributed by atoms with Crippen molar-refractivity contribution < 1.29 is 24.5 Å². The van der Waals surface area contributed by atoms with Crippen LogP contribution in [0.25, 0.3) is 0 Å². The lowest BCUT2D eigenvalue weighted by molar-refractivity contribution is -0.210. The molecule has 7 heteroatoms. The molecule has 4 atom stereocenters. The number of aryl methyl sites for hydroxylation is 1. The van der Waals surface area contributed by atoms with Crippen LogP contribution in [-0.4, -0.2) is 52.6 Å². The minimum absolute atomic E-state index is 0.114. The molecule has 2 heterocycles. The van der Waals surface area contributed by atoms with Crippen LogP contribution in [0.1, 0.15) is 41.1 Å². The Kier molecular flexibility index (Phi) is 5.98. The zero-order chi connectivity index (χ0) is 20.3. The number of carbonyl (C=O) groups excluding carboxylic acids is 1. The number of nitrogens with zero attached hydrogens (tertiary/aromatic N) is 1. The number of aliphatic hydroxyl groups excluding tert-OH is 1. The van der Waals surface area contributed by atoms with Crippen molar-refractivity contribution >= 4 is 5.91 Å². The Morgan fingerprint density at radius 2 is 2.18 bits per heavy atom. The maximum atomic E-state index is 12.5. The Labute approximate surface area is 164 Å². The van der Waals surface area contributed by atoms with Crippen molar-refractivity contribution in [2.45, 2.75) is 44.2 Å². The smallest absolute Gasteiger partial charge is 0.270 e. The van der Waals surface area contributed by atoms with E-state index in [1.807, 2.05) is 24.3 Å². The van der Waals surface area contributed by atoms with Crippen LogP contribution < -0.4 is 10.1 Å². The highest BCUT2D eigenvalue weighted by Crippen LogP contribution is 2.38. The number of benzene rings is 1. The van der Waals surface area contributed by atoms with E-state index in [1.54, 1.807) is 39.3 Å². The second kappa shape index (κ2) is 8.26. The number of hydrogen-bond acceptors (Lipinski definition) is 6. The van der Waals surface area contributed by atoms with Gasteiger partial charge < -0.3 is 25.0 Å². The summed E-state index contributed by atoms with van der Waals surface area (Å²) in [7, 11) is 1.58. The molecular weight excluding hydrogens is 360 g/mol. The molecule has 0 saturated carbocycles. The number of aliphatic hydroxyl groups is 2. The molecule has 150 valence electrons. The monoisotopic (exact) mass is 386 g/mol. The minimum atomic E-state index is -1.54. The zero-order valence-corrected chi connectivity index (χ0v) is 16.3. The summed E-state index contributed by atoms with van der Waals surface area (Å²) in [4.78, 5) is 16.5. The predicted molar refractivity (Wildman–Crippen MR) is 103 cm³/mol. The van der Waals surface area contributed by atoms with Gasteiger partial charge >= 0.3 is 0 Å². The fourth-order valence-corrected chi connectivity index (χ4v) is 3.52. The van der Waals surface area contributed by atoms with E-state index in [2.05, 4.69) is 10.3 Å². The van der Waals surface area contributed by atoms with E-state index in [0.717, 1.165) is 11.1 Å². The molecule has 1 aromatic heterocycles. The van der Waals surface area contributed by atoms with Gasteiger partial charge in [0.05, 0.1) is 19.3 Å². The summed E-state index contributed by atoms with van der Waals surface area (Å²) in [6.07, 6.45) is -0.511. The number of pyridine rings is 1. The summed E-state index contributed by atoms with van der Waals surface area (Å²) in [6, 6.07) is 10.9. The van der Waals surface area contributed by atoms with Gasteiger partial charge in [0.1, 0.15) is 23.1 Å². The number of ether oxygens (including phenoxy) is 2. The van der Waals surface area contributed by atoms with Gasteiger partial charge in [-0.25, -0.2) is 0 Å². The predicted octanol–water partition coefficient (Wildman–Crippen LogP) is 1.77. The molecule has 1 fully saturated rings. The second-order valence-corrected chi connectivity index (χ2v) is 7.21. The summed E-state index contributed by atoms with van der Waals surface area (Å²) in [5, 5.41) is 24.4. The first-order valence-electron chi connectivity index (χ1n) is 9.24. The number of hydrogen-bond donors (Lipinski definition) is 3. The Morgan fingerprint density at radius 3 is 2.89 bits per heavy atom. The van der Waals surface area contributed by atoms with E-state index in [4.69, 9.17) is 9.47 Å². The van der Waals surface area contributed by atoms with Gasteiger partial charge in [-0.05, 0) is 43.2 Å². The van der Waals surface area contributed by atoms with E-state index in [9.17, 15) is 15.0 Å². The van der Waals surface area contributed by atoms with E-state index >= 15 is 0 Å². The minimum Gasteiger partial charge on any atom is -0.497 e. The molecule has 7 nitrogen and oxygen atoms in total. The highest BCUT2D eigenvalue weighted by atomic mass is 16.5. The van der Waals surface area contributed by atoms with Crippen LogP contribution in [-0.2, 0) is 4.74 Å². The maximum absolute atomic E-state index is 12.5. The molecule has 2 aromatic rings. The van der Waals surface area contributed by atoms with Gasteiger partial charge in [0.2, 0.25) is 0 Å². The topological polar surface area (TPSA) is 101 Å². The van der Waals surface area contributed by atoms with Gasteiger partial charge in [-0.3, -0.25) is 9.78 Å². The van der Waals surface area contributed by atoms with Gasteiger partial charge in [-0.15, -0.1) is 0 Å². The third kappa shape index (κ3) is 4.16. The number of nitrogens with one attached hydrogen (secondary N) is 1. The van der Waals surface area contributed by atoms with Crippen molar-refractivity contribution in [1.29, 1.82) is 0 Å². The van der Waals surface area contributed by atoms with Gasteiger partial charge in [0.15, 0.2) is 0 Å². The fourth-order valence-electron chi connectivity index (χ4n) is 3.52. The van der Waals surface area contributed by atoms with E-state index in [1.165, 1.54) is 0 Å². The lowest BCUT2D eigenvalue weighted by atomic mass is 9.82. The molecule has 3 N–H and O–H groups in total. The molecule has 1 aromatic carbocycles. The van der Waals surface area contributed by atoms with E-state index in [0.29, 0.717) is 11.4 Å². The number of amides is 1. The first kappa shape index (κ1) is 20.3. The first-order valence-corrected chi connectivity index (χ1v) is 9.24.